The first kappa shape index (κ1) is 12.5. The normalized spacial score (nSPS) is 28.2. The third-order valence-corrected chi connectivity index (χ3v) is 5.41. The van der Waals surface area contributed by atoms with E-state index in [0.717, 1.165) is 12.3 Å². The lowest BCUT2D eigenvalue weighted by Gasteiger charge is -2.62. The van der Waals surface area contributed by atoms with Crippen LogP contribution < -0.4 is 5.32 Å². The van der Waals surface area contributed by atoms with Gasteiger partial charge < -0.3 is 10.3 Å². The van der Waals surface area contributed by atoms with Gasteiger partial charge in [-0.3, -0.25) is 0 Å². The highest BCUT2D eigenvalue weighted by Gasteiger charge is 2.56. The summed E-state index contributed by atoms with van der Waals surface area (Å²) in [6.07, 6.45) is 7.68. The molecule has 0 atom stereocenters. The SMILES string of the molecule is CC(C)(Cc1c[nH]c2ccccc12)NCC12CC(C1)C2. The molecule has 0 unspecified atom stereocenters. The summed E-state index contributed by atoms with van der Waals surface area (Å²) < 4.78 is 0. The topological polar surface area (TPSA) is 27.8 Å². The number of hydrogen-bond acceptors (Lipinski definition) is 1. The molecule has 2 nitrogen and oxygen atoms in total. The molecule has 106 valence electrons. The van der Waals surface area contributed by atoms with Crippen LogP contribution in [0, 0.1) is 11.3 Å². The molecule has 1 aromatic heterocycles. The molecule has 1 heterocycles. The molecule has 20 heavy (non-hydrogen) atoms. The monoisotopic (exact) mass is 268 g/mol. The van der Waals surface area contributed by atoms with Crippen molar-refractivity contribution in [2.45, 2.75) is 45.1 Å². The van der Waals surface area contributed by atoms with Gasteiger partial charge in [0, 0.05) is 29.2 Å². The molecule has 3 fully saturated rings. The Morgan fingerprint density at radius 2 is 2.00 bits per heavy atom. The molecule has 0 saturated heterocycles. The second-order valence-electron chi connectivity index (χ2n) is 7.75. The van der Waals surface area contributed by atoms with E-state index in [0.29, 0.717) is 5.41 Å². The lowest BCUT2D eigenvalue weighted by Crippen LogP contribution is -2.59. The maximum Gasteiger partial charge on any atom is 0.0456 e. The zero-order chi connectivity index (χ0) is 13.8. The second-order valence-corrected chi connectivity index (χ2v) is 7.75. The van der Waals surface area contributed by atoms with Crippen molar-refractivity contribution in [2.24, 2.45) is 11.3 Å². The average molecular weight is 268 g/mol. The van der Waals surface area contributed by atoms with Crippen molar-refractivity contribution < 1.29 is 0 Å². The summed E-state index contributed by atoms with van der Waals surface area (Å²) in [4.78, 5) is 3.39. The molecule has 0 radical (unpaired) electrons. The van der Waals surface area contributed by atoms with E-state index in [9.17, 15) is 0 Å². The van der Waals surface area contributed by atoms with Crippen molar-refractivity contribution in [3.05, 3.63) is 36.0 Å². The lowest BCUT2D eigenvalue weighted by atomic mass is 9.44. The summed E-state index contributed by atoms with van der Waals surface area (Å²) in [6.45, 7) is 5.87. The molecule has 0 amide bonds. The Kier molecular flexibility index (Phi) is 2.56. The van der Waals surface area contributed by atoms with Crippen molar-refractivity contribution >= 4 is 10.9 Å². The van der Waals surface area contributed by atoms with Crippen LogP contribution in [-0.2, 0) is 6.42 Å². The predicted octanol–water partition coefficient (Wildman–Crippen LogP) is 3.88. The van der Waals surface area contributed by atoms with Gasteiger partial charge in [-0.25, -0.2) is 0 Å². The standard InChI is InChI=1S/C18H24N2/c1-17(2,20-12-18-7-13(8-18)9-18)10-14-11-19-16-6-4-3-5-15(14)16/h3-6,11,13,19-20H,7-10,12H2,1-2H3. The minimum Gasteiger partial charge on any atom is -0.361 e. The molecule has 3 aliphatic rings. The number of para-hydroxylation sites is 1. The largest absolute Gasteiger partial charge is 0.361 e. The number of H-pyrrole nitrogens is 1. The number of fused-ring (bicyclic) bond motifs is 1. The minimum atomic E-state index is 0.167. The maximum absolute atomic E-state index is 3.83. The van der Waals surface area contributed by atoms with Gasteiger partial charge in [0.2, 0.25) is 0 Å². The highest BCUT2D eigenvalue weighted by Crippen LogP contribution is 2.64. The first-order valence-corrected chi connectivity index (χ1v) is 7.85. The summed E-state index contributed by atoms with van der Waals surface area (Å²) in [7, 11) is 0. The number of hydrogen-bond donors (Lipinski definition) is 2. The molecular weight excluding hydrogens is 244 g/mol. The average Bonchev–Trinajstić information content (AvgIpc) is 2.68. The van der Waals surface area contributed by atoms with Crippen LogP contribution in [-0.4, -0.2) is 17.1 Å². The van der Waals surface area contributed by atoms with E-state index in [-0.39, 0.29) is 5.54 Å². The van der Waals surface area contributed by atoms with Crippen LogP contribution in [0.5, 0.6) is 0 Å². The van der Waals surface area contributed by atoms with Crippen LogP contribution in [0.1, 0.15) is 38.7 Å². The number of aromatic nitrogens is 1. The Morgan fingerprint density at radius 3 is 2.70 bits per heavy atom. The van der Waals surface area contributed by atoms with Crippen LogP contribution in [0.15, 0.2) is 30.5 Å². The van der Waals surface area contributed by atoms with E-state index >= 15 is 0 Å². The zero-order valence-corrected chi connectivity index (χ0v) is 12.5. The van der Waals surface area contributed by atoms with Crippen LogP contribution in [0.4, 0.5) is 0 Å². The quantitative estimate of drug-likeness (QED) is 0.846. The summed E-state index contributed by atoms with van der Waals surface area (Å²) in [5, 5.41) is 5.20. The van der Waals surface area contributed by atoms with Crippen molar-refractivity contribution in [2.75, 3.05) is 6.54 Å². The maximum atomic E-state index is 3.83. The number of aromatic amines is 1. The number of rotatable bonds is 5. The zero-order valence-electron chi connectivity index (χ0n) is 12.5. The van der Waals surface area contributed by atoms with Gasteiger partial charge in [0.15, 0.2) is 0 Å². The first-order valence-electron chi connectivity index (χ1n) is 7.85. The summed E-state index contributed by atoms with van der Waals surface area (Å²) in [5.74, 6) is 1.08. The lowest BCUT2D eigenvalue weighted by molar-refractivity contribution is -0.106. The molecule has 2 N–H and O–H groups in total. The fourth-order valence-corrected chi connectivity index (χ4v) is 4.12. The molecule has 3 aliphatic carbocycles. The summed E-state index contributed by atoms with van der Waals surface area (Å²) in [6, 6.07) is 8.59. The Labute approximate surface area is 121 Å². The van der Waals surface area contributed by atoms with E-state index in [4.69, 9.17) is 0 Å². The molecule has 2 bridgehead atoms. The van der Waals surface area contributed by atoms with E-state index in [1.807, 2.05) is 0 Å². The van der Waals surface area contributed by atoms with Crippen LogP contribution in [0.2, 0.25) is 0 Å². The highest BCUT2D eigenvalue weighted by molar-refractivity contribution is 5.83. The summed E-state index contributed by atoms with van der Waals surface area (Å²) in [5.41, 5.74) is 3.52. The molecular formula is C18H24N2. The van der Waals surface area contributed by atoms with Gasteiger partial charge in [-0.05, 0) is 62.5 Å². The molecule has 5 rings (SSSR count). The summed E-state index contributed by atoms with van der Waals surface area (Å²) >= 11 is 0. The highest BCUT2D eigenvalue weighted by atomic mass is 15.0. The third kappa shape index (κ3) is 1.98. The minimum absolute atomic E-state index is 0.167. The van der Waals surface area contributed by atoms with Gasteiger partial charge in [0.1, 0.15) is 0 Å². The van der Waals surface area contributed by atoms with Crippen molar-refractivity contribution in [1.82, 2.24) is 10.3 Å². The predicted molar refractivity (Wildman–Crippen MR) is 83.9 cm³/mol. The van der Waals surface area contributed by atoms with Gasteiger partial charge in [-0.1, -0.05) is 18.2 Å². The number of nitrogens with one attached hydrogen (secondary N) is 2. The van der Waals surface area contributed by atoms with Crippen molar-refractivity contribution in [3.63, 3.8) is 0 Å². The fraction of sp³-hybridized carbons (Fsp3) is 0.556. The number of benzene rings is 1. The fourth-order valence-electron chi connectivity index (χ4n) is 4.12. The molecule has 0 aliphatic heterocycles. The third-order valence-electron chi connectivity index (χ3n) is 5.41. The van der Waals surface area contributed by atoms with Crippen molar-refractivity contribution in [3.8, 4) is 0 Å². The first-order chi connectivity index (χ1) is 9.55. The molecule has 2 aromatic rings. The van der Waals surface area contributed by atoms with Gasteiger partial charge in [0.05, 0.1) is 0 Å². The Hall–Kier alpha value is -1.28. The van der Waals surface area contributed by atoms with Crippen LogP contribution >= 0.6 is 0 Å². The smallest absolute Gasteiger partial charge is 0.0456 e. The molecule has 0 spiro atoms. The Balaban J connectivity index is 1.46. The van der Waals surface area contributed by atoms with Gasteiger partial charge in [-0.15, -0.1) is 0 Å². The van der Waals surface area contributed by atoms with Gasteiger partial charge in [0.25, 0.3) is 0 Å². The van der Waals surface area contributed by atoms with Crippen LogP contribution in [0.3, 0.4) is 0 Å². The van der Waals surface area contributed by atoms with Crippen molar-refractivity contribution in [1.29, 1.82) is 0 Å². The van der Waals surface area contributed by atoms with E-state index in [1.165, 1.54) is 42.3 Å². The second kappa shape index (κ2) is 4.11. The van der Waals surface area contributed by atoms with E-state index in [2.05, 4.69) is 54.6 Å². The van der Waals surface area contributed by atoms with Crippen LogP contribution in [0.25, 0.3) is 10.9 Å². The van der Waals surface area contributed by atoms with Gasteiger partial charge >= 0.3 is 0 Å². The van der Waals surface area contributed by atoms with E-state index < -0.39 is 0 Å². The van der Waals surface area contributed by atoms with E-state index in [1.54, 1.807) is 0 Å². The molecule has 2 heteroatoms. The Bertz CT molecular complexity index is 621. The Morgan fingerprint density at radius 1 is 1.25 bits per heavy atom. The molecule has 3 saturated carbocycles. The van der Waals surface area contributed by atoms with Gasteiger partial charge in [-0.2, -0.15) is 0 Å². The molecule has 1 aromatic carbocycles.